The second-order valence-electron chi connectivity index (χ2n) is 5.63. The van der Waals surface area contributed by atoms with Crippen LogP contribution in [-0.4, -0.2) is 41.5 Å². The number of carbonyl (C=O) groups excluding carboxylic acids is 2. The van der Waals surface area contributed by atoms with Crippen LogP contribution in [0.2, 0.25) is 0 Å². The van der Waals surface area contributed by atoms with Crippen LogP contribution in [-0.2, 0) is 19.1 Å². The fraction of sp³-hybridized carbons (Fsp3) is 0.667. The smallest absolute Gasteiger partial charge is 0.331 e. The van der Waals surface area contributed by atoms with E-state index in [1.165, 1.54) is 0 Å². The van der Waals surface area contributed by atoms with E-state index in [1.54, 1.807) is 6.08 Å². The molecule has 1 aliphatic heterocycles. The molecule has 1 amide bonds. The van der Waals surface area contributed by atoms with E-state index in [9.17, 15) is 19.5 Å². The molecule has 1 saturated heterocycles. The van der Waals surface area contributed by atoms with Gasteiger partial charge in [-0.25, -0.2) is 4.79 Å². The molecule has 0 aromatic heterocycles. The van der Waals surface area contributed by atoms with E-state index in [-0.39, 0.29) is 42.4 Å². The summed E-state index contributed by atoms with van der Waals surface area (Å²) in [4.78, 5) is 34.0. The van der Waals surface area contributed by atoms with E-state index in [4.69, 9.17) is 4.74 Å². The normalized spacial score (nSPS) is 33.0. The number of fused-ring (bicyclic) bond motifs is 1. The maximum Gasteiger partial charge on any atom is 0.331 e. The van der Waals surface area contributed by atoms with Crippen molar-refractivity contribution in [2.45, 2.75) is 57.3 Å². The minimum atomic E-state index is -0.991. The van der Waals surface area contributed by atoms with Gasteiger partial charge in [-0.2, -0.15) is 0 Å². The Morgan fingerprint density at radius 3 is 2.95 bits per heavy atom. The van der Waals surface area contributed by atoms with Crippen molar-refractivity contribution in [2.75, 3.05) is 0 Å². The molecule has 2 N–H and O–H groups in total. The number of hydrogen-bond acceptors (Lipinski definition) is 4. The van der Waals surface area contributed by atoms with Gasteiger partial charge in [-0.1, -0.05) is 6.92 Å². The summed E-state index contributed by atoms with van der Waals surface area (Å²) in [5.74, 6) is -1.28. The van der Waals surface area contributed by atoms with E-state index in [0.29, 0.717) is 12.8 Å². The lowest BCUT2D eigenvalue weighted by Crippen LogP contribution is -2.53. The summed E-state index contributed by atoms with van der Waals surface area (Å²) in [5, 5.41) is 12.1. The summed E-state index contributed by atoms with van der Waals surface area (Å²) >= 11 is 0. The van der Waals surface area contributed by atoms with Crippen LogP contribution in [0.4, 0.5) is 0 Å². The van der Waals surface area contributed by atoms with Gasteiger partial charge in [0.15, 0.2) is 0 Å². The van der Waals surface area contributed by atoms with Crippen LogP contribution in [0.5, 0.6) is 0 Å². The Labute approximate surface area is 123 Å². The first-order chi connectivity index (χ1) is 10.0. The van der Waals surface area contributed by atoms with Crippen LogP contribution in [0, 0.1) is 5.92 Å². The molecule has 0 bridgehead atoms. The molecule has 2 rings (SSSR count). The van der Waals surface area contributed by atoms with Gasteiger partial charge >= 0.3 is 5.97 Å². The number of amides is 1. The lowest BCUT2D eigenvalue weighted by Gasteiger charge is -2.39. The molecule has 6 nitrogen and oxygen atoms in total. The highest BCUT2D eigenvalue weighted by Gasteiger charge is 2.38. The van der Waals surface area contributed by atoms with Crippen molar-refractivity contribution in [3.63, 3.8) is 0 Å². The average molecular weight is 295 g/mol. The maximum absolute atomic E-state index is 11.9. The zero-order valence-electron chi connectivity index (χ0n) is 12.1. The zero-order valence-corrected chi connectivity index (χ0v) is 12.1. The number of nitrogens with one attached hydrogen (secondary N) is 1. The number of aliphatic carboxylic acids is 1. The van der Waals surface area contributed by atoms with Crippen LogP contribution in [0.1, 0.15) is 39.0 Å². The molecular formula is C15H21NO5. The Balaban J connectivity index is 2.30. The van der Waals surface area contributed by atoms with Crippen molar-refractivity contribution < 1.29 is 24.2 Å². The lowest BCUT2D eigenvalue weighted by atomic mass is 9.80. The van der Waals surface area contributed by atoms with E-state index in [2.05, 4.69) is 5.32 Å². The summed E-state index contributed by atoms with van der Waals surface area (Å²) in [7, 11) is 0. The quantitative estimate of drug-likeness (QED) is 0.756. The van der Waals surface area contributed by atoms with E-state index in [1.807, 2.05) is 6.92 Å². The average Bonchev–Trinajstić information content (AvgIpc) is 2.43. The molecule has 21 heavy (non-hydrogen) atoms. The van der Waals surface area contributed by atoms with E-state index < -0.39 is 12.1 Å². The van der Waals surface area contributed by atoms with Crippen molar-refractivity contribution >= 4 is 18.2 Å². The molecule has 6 heteroatoms. The SMILES string of the molecule is CCC1CCC(=O)N[C@@H]2[C@@H](CC=O)CC(C(=O)O)=C[C@H]2O1. The van der Waals surface area contributed by atoms with Crippen LogP contribution in [0.25, 0.3) is 0 Å². The van der Waals surface area contributed by atoms with Crippen molar-refractivity contribution in [2.24, 2.45) is 5.92 Å². The number of aldehydes is 1. The van der Waals surface area contributed by atoms with Gasteiger partial charge < -0.3 is 20.0 Å². The fourth-order valence-corrected chi connectivity index (χ4v) is 3.02. The third kappa shape index (κ3) is 3.69. The Hall–Kier alpha value is -1.69. The molecule has 0 spiro atoms. The van der Waals surface area contributed by atoms with Gasteiger partial charge in [-0.05, 0) is 31.3 Å². The third-order valence-corrected chi connectivity index (χ3v) is 4.21. The van der Waals surface area contributed by atoms with Gasteiger partial charge in [0.05, 0.1) is 18.2 Å². The number of ether oxygens (including phenoxy) is 1. The van der Waals surface area contributed by atoms with Crippen LogP contribution >= 0.6 is 0 Å². The Morgan fingerprint density at radius 1 is 1.57 bits per heavy atom. The Kier molecular flexibility index (Phi) is 5.12. The summed E-state index contributed by atoms with van der Waals surface area (Å²) < 4.78 is 5.98. The van der Waals surface area contributed by atoms with Gasteiger partial charge in [-0.15, -0.1) is 0 Å². The zero-order chi connectivity index (χ0) is 15.4. The fourth-order valence-electron chi connectivity index (χ4n) is 3.02. The predicted molar refractivity (Wildman–Crippen MR) is 74.6 cm³/mol. The van der Waals surface area contributed by atoms with E-state index in [0.717, 1.165) is 12.7 Å². The Bertz CT molecular complexity index is 459. The minimum absolute atomic E-state index is 0.0603. The number of carbonyl (C=O) groups is 3. The molecule has 0 aromatic rings. The topological polar surface area (TPSA) is 92.7 Å². The molecule has 0 radical (unpaired) electrons. The minimum Gasteiger partial charge on any atom is -0.478 e. The first-order valence-corrected chi connectivity index (χ1v) is 7.37. The highest BCUT2D eigenvalue weighted by atomic mass is 16.5. The molecule has 1 fully saturated rings. The number of hydrogen-bond donors (Lipinski definition) is 2. The van der Waals surface area contributed by atoms with Gasteiger partial charge in [0.1, 0.15) is 6.29 Å². The summed E-state index contributed by atoms with van der Waals surface area (Å²) in [5.41, 5.74) is 0.257. The maximum atomic E-state index is 11.9. The van der Waals surface area contributed by atoms with Gasteiger partial charge in [0.25, 0.3) is 0 Å². The molecule has 116 valence electrons. The molecule has 1 aliphatic carbocycles. The highest BCUT2D eigenvalue weighted by Crippen LogP contribution is 2.31. The number of rotatable bonds is 4. The van der Waals surface area contributed by atoms with Crippen molar-refractivity contribution in [1.29, 1.82) is 0 Å². The summed E-state index contributed by atoms with van der Waals surface area (Å²) in [6, 6.07) is -0.333. The van der Waals surface area contributed by atoms with Crippen LogP contribution < -0.4 is 5.32 Å². The van der Waals surface area contributed by atoms with E-state index >= 15 is 0 Å². The lowest BCUT2D eigenvalue weighted by molar-refractivity contribution is -0.134. The van der Waals surface area contributed by atoms with Crippen molar-refractivity contribution in [3.05, 3.63) is 11.6 Å². The van der Waals surface area contributed by atoms with Crippen molar-refractivity contribution in [1.82, 2.24) is 5.32 Å². The monoisotopic (exact) mass is 295 g/mol. The number of carboxylic acids is 1. The molecule has 4 atom stereocenters. The molecule has 1 unspecified atom stereocenters. The van der Waals surface area contributed by atoms with Crippen LogP contribution in [0.3, 0.4) is 0 Å². The standard InChI is InChI=1S/C15H21NO5/c1-2-11-3-4-13(18)16-14-9(5-6-17)7-10(15(19)20)8-12(14)21-11/h6,8-9,11-12,14H,2-5,7H2,1H3,(H,16,18)(H,19,20)/t9-,11?,12+,14+/m0/s1. The predicted octanol–water partition coefficient (Wildman–Crippen LogP) is 1.05. The van der Waals surface area contributed by atoms with Gasteiger partial charge in [-0.3, -0.25) is 4.79 Å². The van der Waals surface area contributed by atoms with Crippen molar-refractivity contribution in [3.8, 4) is 0 Å². The molecule has 1 heterocycles. The number of carboxylic acid groups (broad SMARTS) is 1. The summed E-state index contributed by atoms with van der Waals surface area (Å²) in [6.07, 6.45) is 4.09. The Morgan fingerprint density at radius 2 is 2.33 bits per heavy atom. The molecule has 0 saturated carbocycles. The molecule has 0 aromatic carbocycles. The largest absolute Gasteiger partial charge is 0.478 e. The second kappa shape index (κ2) is 6.85. The van der Waals surface area contributed by atoms with Crippen LogP contribution in [0.15, 0.2) is 11.6 Å². The molecular weight excluding hydrogens is 274 g/mol. The van der Waals surface area contributed by atoms with Gasteiger partial charge in [0, 0.05) is 18.4 Å². The van der Waals surface area contributed by atoms with Gasteiger partial charge in [0.2, 0.25) is 5.91 Å². The highest BCUT2D eigenvalue weighted by molar-refractivity contribution is 5.87. The first-order valence-electron chi connectivity index (χ1n) is 7.37. The molecule has 2 aliphatic rings. The second-order valence-corrected chi connectivity index (χ2v) is 5.63. The summed E-state index contributed by atoms with van der Waals surface area (Å²) in [6.45, 7) is 1.98. The first kappa shape index (κ1) is 15.7. The third-order valence-electron chi connectivity index (χ3n) is 4.21.